The fraction of sp³-hybridized carbons (Fsp3) is 0.471. The largest absolute Gasteiger partial charge is 0.341 e. The van der Waals surface area contributed by atoms with Crippen LogP contribution in [0.5, 0.6) is 0 Å². The Morgan fingerprint density at radius 3 is 2.77 bits per heavy atom. The van der Waals surface area contributed by atoms with Crippen molar-refractivity contribution in [1.82, 2.24) is 15.2 Å². The normalized spacial score (nSPS) is 19.9. The minimum absolute atomic E-state index is 0.00198. The topological polar surface area (TPSA) is 62.3 Å². The van der Waals surface area contributed by atoms with Crippen LogP contribution >= 0.6 is 0 Å². The number of nitrogens with zero attached hydrogens (tertiary/aromatic N) is 2. The van der Waals surface area contributed by atoms with Crippen molar-refractivity contribution in [3.63, 3.8) is 0 Å². The Kier molecular flexibility index (Phi) is 5.69. The number of aromatic nitrogens is 1. The molecule has 0 saturated carbocycles. The highest BCUT2D eigenvalue weighted by atomic mass is 16.2. The van der Waals surface area contributed by atoms with E-state index in [2.05, 4.69) is 17.2 Å². The van der Waals surface area contributed by atoms with Crippen LogP contribution in [0.25, 0.3) is 6.08 Å². The molecular formula is C17H23N3O2. The van der Waals surface area contributed by atoms with Gasteiger partial charge in [-0.3, -0.25) is 14.6 Å². The van der Waals surface area contributed by atoms with Crippen LogP contribution < -0.4 is 5.32 Å². The fourth-order valence-corrected chi connectivity index (χ4v) is 2.64. The van der Waals surface area contributed by atoms with E-state index in [4.69, 9.17) is 0 Å². The SMILES string of the molecule is C[C@H](NC(=O)/C=C/c1ccncc1)C(=O)N1CCCC[C@H]1C. The molecule has 2 atom stereocenters. The Hall–Kier alpha value is -2.17. The average molecular weight is 301 g/mol. The van der Waals surface area contributed by atoms with Crippen molar-refractivity contribution in [1.29, 1.82) is 0 Å². The summed E-state index contributed by atoms with van der Waals surface area (Å²) in [5, 5.41) is 2.74. The first-order valence-electron chi connectivity index (χ1n) is 7.77. The number of pyridine rings is 1. The van der Waals surface area contributed by atoms with Crippen molar-refractivity contribution in [3.8, 4) is 0 Å². The maximum Gasteiger partial charge on any atom is 0.245 e. The molecule has 5 heteroatoms. The maximum atomic E-state index is 12.4. The van der Waals surface area contributed by atoms with E-state index in [-0.39, 0.29) is 17.9 Å². The third-order valence-electron chi connectivity index (χ3n) is 3.95. The predicted octanol–water partition coefficient (Wildman–Crippen LogP) is 2.00. The van der Waals surface area contributed by atoms with Gasteiger partial charge in [-0.05, 0) is 56.9 Å². The number of likely N-dealkylation sites (tertiary alicyclic amines) is 1. The summed E-state index contributed by atoms with van der Waals surface area (Å²) < 4.78 is 0. The van der Waals surface area contributed by atoms with E-state index < -0.39 is 6.04 Å². The molecule has 1 aliphatic heterocycles. The molecule has 2 rings (SSSR count). The summed E-state index contributed by atoms with van der Waals surface area (Å²) in [6, 6.07) is 3.38. The first kappa shape index (κ1) is 16.2. The maximum absolute atomic E-state index is 12.4. The number of hydrogen-bond donors (Lipinski definition) is 1. The molecule has 22 heavy (non-hydrogen) atoms. The summed E-state index contributed by atoms with van der Waals surface area (Å²) in [6.07, 6.45) is 9.73. The summed E-state index contributed by atoms with van der Waals surface area (Å²) in [7, 11) is 0. The van der Waals surface area contributed by atoms with Gasteiger partial charge in [0.15, 0.2) is 0 Å². The second kappa shape index (κ2) is 7.73. The number of rotatable bonds is 4. The number of hydrogen-bond acceptors (Lipinski definition) is 3. The Labute approximate surface area is 131 Å². The summed E-state index contributed by atoms with van der Waals surface area (Å²) in [5.41, 5.74) is 0.897. The lowest BCUT2D eigenvalue weighted by molar-refractivity contribution is -0.138. The van der Waals surface area contributed by atoms with E-state index in [1.807, 2.05) is 17.0 Å². The summed E-state index contributed by atoms with van der Waals surface area (Å²) in [5.74, 6) is -0.264. The Morgan fingerprint density at radius 2 is 2.09 bits per heavy atom. The molecule has 2 amide bonds. The van der Waals surface area contributed by atoms with E-state index in [1.54, 1.807) is 25.4 Å². The average Bonchev–Trinajstić information content (AvgIpc) is 2.53. The smallest absolute Gasteiger partial charge is 0.245 e. The third-order valence-corrected chi connectivity index (χ3v) is 3.95. The number of amides is 2. The first-order valence-corrected chi connectivity index (χ1v) is 7.77. The number of nitrogens with one attached hydrogen (secondary N) is 1. The van der Waals surface area contributed by atoms with Crippen molar-refractivity contribution < 1.29 is 9.59 Å². The lowest BCUT2D eigenvalue weighted by Crippen LogP contribution is -2.51. The van der Waals surface area contributed by atoms with Crippen LogP contribution in [0.4, 0.5) is 0 Å². The highest BCUT2D eigenvalue weighted by Gasteiger charge is 2.27. The fourth-order valence-electron chi connectivity index (χ4n) is 2.64. The van der Waals surface area contributed by atoms with E-state index in [1.165, 1.54) is 12.5 Å². The molecule has 0 bridgehead atoms. The van der Waals surface area contributed by atoms with Crippen molar-refractivity contribution in [3.05, 3.63) is 36.2 Å². The van der Waals surface area contributed by atoms with Gasteiger partial charge in [-0.2, -0.15) is 0 Å². The van der Waals surface area contributed by atoms with Gasteiger partial charge in [-0.15, -0.1) is 0 Å². The van der Waals surface area contributed by atoms with Crippen LogP contribution in [0.3, 0.4) is 0 Å². The highest BCUT2D eigenvalue weighted by molar-refractivity contribution is 5.95. The summed E-state index contributed by atoms with van der Waals surface area (Å²) >= 11 is 0. The number of carbonyl (C=O) groups excluding carboxylic acids is 2. The second-order valence-corrected chi connectivity index (χ2v) is 5.72. The van der Waals surface area contributed by atoms with Gasteiger partial charge in [0.2, 0.25) is 11.8 Å². The molecule has 1 aliphatic rings. The lowest BCUT2D eigenvalue weighted by atomic mass is 10.0. The lowest BCUT2D eigenvalue weighted by Gasteiger charge is -2.35. The molecule has 0 radical (unpaired) electrons. The van der Waals surface area contributed by atoms with Crippen LogP contribution in [0.15, 0.2) is 30.6 Å². The quantitative estimate of drug-likeness (QED) is 0.865. The van der Waals surface area contributed by atoms with E-state index in [0.717, 1.165) is 24.9 Å². The minimum atomic E-state index is -0.504. The first-order chi connectivity index (χ1) is 10.6. The third kappa shape index (κ3) is 4.41. The van der Waals surface area contributed by atoms with Crippen LogP contribution in [0.2, 0.25) is 0 Å². The predicted molar refractivity (Wildman–Crippen MR) is 85.9 cm³/mol. The zero-order valence-electron chi connectivity index (χ0n) is 13.2. The molecule has 0 spiro atoms. The van der Waals surface area contributed by atoms with Gasteiger partial charge in [0.1, 0.15) is 6.04 Å². The van der Waals surface area contributed by atoms with Crippen molar-refractivity contribution in [2.45, 2.75) is 45.2 Å². The molecule has 0 aromatic carbocycles. The molecule has 1 N–H and O–H groups in total. The van der Waals surface area contributed by atoms with E-state index in [0.29, 0.717) is 0 Å². The molecule has 1 fully saturated rings. The summed E-state index contributed by atoms with van der Waals surface area (Å²) in [4.78, 5) is 30.1. The molecule has 1 aromatic rings. The van der Waals surface area contributed by atoms with E-state index in [9.17, 15) is 9.59 Å². The number of piperidine rings is 1. The van der Waals surface area contributed by atoms with Crippen molar-refractivity contribution >= 4 is 17.9 Å². The zero-order chi connectivity index (χ0) is 15.9. The molecule has 5 nitrogen and oxygen atoms in total. The molecule has 1 aromatic heterocycles. The van der Waals surface area contributed by atoms with Crippen LogP contribution in [0.1, 0.15) is 38.7 Å². The number of carbonyl (C=O) groups is 2. The van der Waals surface area contributed by atoms with Gasteiger partial charge in [-0.1, -0.05) is 0 Å². The van der Waals surface area contributed by atoms with Crippen LogP contribution in [0, 0.1) is 0 Å². The second-order valence-electron chi connectivity index (χ2n) is 5.72. The minimum Gasteiger partial charge on any atom is -0.341 e. The highest BCUT2D eigenvalue weighted by Crippen LogP contribution is 2.17. The molecule has 118 valence electrons. The molecule has 2 heterocycles. The van der Waals surface area contributed by atoms with E-state index >= 15 is 0 Å². The van der Waals surface area contributed by atoms with Gasteiger partial charge < -0.3 is 10.2 Å². The van der Waals surface area contributed by atoms with Gasteiger partial charge in [0.05, 0.1) is 0 Å². The van der Waals surface area contributed by atoms with Crippen molar-refractivity contribution in [2.75, 3.05) is 6.54 Å². The Morgan fingerprint density at radius 1 is 1.36 bits per heavy atom. The molecule has 1 saturated heterocycles. The Balaban J connectivity index is 1.88. The molecule has 0 unspecified atom stereocenters. The Bertz CT molecular complexity index is 542. The molecular weight excluding hydrogens is 278 g/mol. The van der Waals surface area contributed by atoms with Gasteiger partial charge >= 0.3 is 0 Å². The van der Waals surface area contributed by atoms with Gasteiger partial charge in [-0.25, -0.2) is 0 Å². The van der Waals surface area contributed by atoms with Crippen LogP contribution in [-0.4, -0.2) is 40.3 Å². The standard InChI is InChI=1S/C17H23N3O2/c1-13-5-3-4-12-20(13)17(22)14(2)19-16(21)7-6-15-8-10-18-11-9-15/h6-11,13-14H,3-5,12H2,1-2H3,(H,19,21)/b7-6+/t13-,14+/m1/s1. The monoisotopic (exact) mass is 301 g/mol. The molecule has 0 aliphatic carbocycles. The van der Waals surface area contributed by atoms with Crippen molar-refractivity contribution in [2.24, 2.45) is 0 Å². The van der Waals surface area contributed by atoms with Gasteiger partial charge in [0.25, 0.3) is 0 Å². The van der Waals surface area contributed by atoms with Gasteiger partial charge in [0, 0.05) is 31.1 Å². The zero-order valence-corrected chi connectivity index (χ0v) is 13.2. The summed E-state index contributed by atoms with van der Waals surface area (Å²) in [6.45, 7) is 4.59. The van der Waals surface area contributed by atoms with Crippen LogP contribution in [-0.2, 0) is 9.59 Å².